The van der Waals surface area contributed by atoms with Crippen LogP contribution >= 0.6 is 0 Å². The summed E-state index contributed by atoms with van der Waals surface area (Å²) in [6.07, 6.45) is 1.74. The lowest BCUT2D eigenvalue weighted by molar-refractivity contribution is 0.403. The highest BCUT2D eigenvalue weighted by Gasteiger charge is 2.03. The zero-order valence-electron chi connectivity index (χ0n) is 9.59. The molecule has 0 aliphatic carbocycles. The van der Waals surface area contributed by atoms with Crippen LogP contribution in [0.3, 0.4) is 0 Å². The minimum Gasteiger partial charge on any atom is -0.491 e. The highest BCUT2D eigenvalue weighted by molar-refractivity contribution is 5.39. The van der Waals surface area contributed by atoms with Gasteiger partial charge in [0.2, 0.25) is 0 Å². The van der Waals surface area contributed by atoms with Gasteiger partial charge in [-0.05, 0) is 29.8 Å². The van der Waals surface area contributed by atoms with Crippen LogP contribution < -0.4 is 16.0 Å². The Hall–Kier alpha value is -2.23. The Kier molecular flexibility index (Phi) is 3.14. The Balaban J connectivity index is 2.30. The van der Waals surface area contributed by atoms with Crippen molar-refractivity contribution in [2.45, 2.75) is 6.54 Å². The number of ether oxygens (including phenoxy) is 1. The van der Waals surface area contributed by atoms with Gasteiger partial charge in [0.05, 0.1) is 13.7 Å². The molecule has 0 spiro atoms. The third-order valence-electron chi connectivity index (χ3n) is 2.54. The standard InChI is InChI=1S/C13H14N2O2/c1-17-12-3-2-8-15(13(12)16)9-10-4-6-11(14)7-5-10/h2-8H,9,14H2,1H3. The Morgan fingerprint density at radius 2 is 1.94 bits per heavy atom. The van der Waals surface area contributed by atoms with E-state index in [2.05, 4.69) is 0 Å². The quantitative estimate of drug-likeness (QED) is 0.813. The van der Waals surface area contributed by atoms with Gasteiger partial charge < -0.3 is 15.0 Å². The Morgan fingerprint density at radius 1 is 1.24 bits per heavy atom. The van der Waals surface area contributed by atoms with Crippen LogP contribution in [0.25, 0.3) is 0 Å². The molecule has 0 fully saturated rings. The van der Waals surface area contributed by atoms with Crippen LogP contribution in [0.1, 0.15) is 5.56 Å². The molecular weight excluding hydrogens is 216 g/mol. The molecule has 0 radical (unpaired) electrons. The number of aromatic nitrogens is 1. The number of nitrogen functional groups attached to an aromatic ring is 1. The molecule has 4 nitrogen and oxygen atoms in total. The Labute approximate surface area is 99.3 Å². The van der Waals surface area contributed by atoms with E-state index in [9.17, 15) is 4.79 Å². The zero-order valence-corrected chi connectivity index (χ0v) is 9.59. The number of methoxy groups -OCH3 is 1. The highest BCUT2D eigenvalue weighted by Crippen LogP contribution is 2.07. The molecule has 1 heterocycles. The highest BCUT2D eigenvalue weighted by atomic mass is 16.5. The number of pyridine rings is 1. The molecule has 88 valence electrons. The maximum absolute atomic E-state index is 11.9. The van der Waals surface area contributed by atoms with Crippen LogP contribution in [0.2, 0.25) is 0 Å². The van der Waals surface area contributed by atoms with Gasteiger partial charge in [0, 0.05) is 11.9 Å². The molecule has 0 aliphatic rings. The minimum absolute atomic E-state index is 0.133. The van der Waals surface area contributed by atoms with E-state index in [4.69, 9.17) is 10.5 Å². The number of benzene rings is 1. The second kappa shape index (κ2) is 4.74. The van der Waals surface area contributed by atoms with Crippen molar-refractivity contribution in [1.82, 2.24) is 4.57 Å². The number of hydrogen-bond donors (Lipinski definition) is 1. The molecule has 4 heteroatoms. The van der Waals surface area contributed by atoms with Crippen molar-refractivity contribution < 1.29 is 4.74 Å². The first-order chi connectivity index (χ1) is 8.20. The molecule has 0 atom stereocenters. The van der Waals surface area contributed by atoms with Crippen molar-refractivity contribution in [3.05, 3.63) is 58.5 Å². The zero-order chi connectivity index (χ0) is 12.3. The summed E-state index contributed by atoms with van der Waals surface area (Å²) in [6, 6.07) is 10.9. The Morgan fingerprint density at radius 3 is 2.59 bits per heavy atom. The van der Waals surface area contributed by atoms with E-state index in [0.29, 0.717) is 18.0 Å². The first-order valence-corrected chi connectivity index (χ1v) is 5.28. The number of nitrogens with zero attached hydrogens (tertiary/aromatic N) is 1. The van der Waals surface area contributed by atoms with Crippen LogP contribution in [0, 0.1) is 0 Å². The fourth-order valence-corrected chi connectivity index (χ4v) is 1.61. The van der Waals surface area contributed by atoms with Crippen molar-refractivity contribution in [3.8, 4) is 5.75 Å². The largest absolute Gasteiger partial charge is 0.491 e. The molecule has 0 saturated carbocycles. The Bertz CT molecular complexity index is 558. The molecule has 0 unspecified atom stereocenters. The first-order valence-electron chi connectivity index (χ1n) is 5.28. The molecule has 1 aromatic carbocycles. The average molecular weight is 230 g/mol. The van der Waals surface area contributed by atoms with Crippen LogP contribution in [0.4, 0.5) is 5.69 Å². The van der Waals surface area contributed by atoms with Crippen molar-refractivity contribution >= 4 is 5.69 Å². The molecule has 2 rings (SSSR count). The molecule has 0 bridgehead atoms. The van der Waals surface area contributed by atoms with E-state index in [1.807, 2.05) is 24.3 Å². The molecule has 2 aromatic rings. The van der Waals surface area contributed by atoms with Crippen molar-refractivity contribution in [2.75, 3.05) is 12.8 Å². The SMILES string of the molecule is COc1cccn(Cc2ccc(N)cc2)c1=O. The van der Waals surface area contributed by atoms with Gasteiger partial charge in [0.25, 0.3) is 5.56 Å². The summed E-state index contributed by atoms with van der Waals surface area (Å²) in [4.78, 5) is 11.9. The van der Waals surface area contributed by atoms with E-state index in [1.54, 1.807) is 22.9 Å². The second-order valence-electron chi connectivity index (χ2n) is 3.75. The van der Waals surface area contributed by atoms with Gasteiger partial charge in [0.1, 0.15) is 0 Å². The second-order valence-corrected chi connectivity index (χ2v) is 3.75. The molecule has 17 heavy (non-hydrogen) atoms. The van der Waals surface area contributed by atoms with Crippen molar-refractivity contribution in [1.29, 1.82) is 0 Å². The third-order valence-corrected chi connectivity index (χ3v) is 2.54. The summed E-state index contributed by atoms with van der Waals surface area (Å²) in [5, 5.41) is 0. The van der Waals surface area contributed by atoms with E-state index < -0.39 is 0 Å². The lowest BCUT2D eigenvalue weighted by Crippen LogP contribution is -2.20. The minimum atomic E-state index is -0.133. The molecular formula is C13H14N2O2. The van der Waals surface area contributed by atoms with Crippen LogP contribution in [-0.4, -0.2) is 11.7 Å². The number of rotatable bonds is 3. The molecule has 0 aliphatic heterocycles. The number of hydrogen-bond acceptors (Lipinski definition) is 3. The molecule has 2 N–H and O–H groups in total. The van der Waals surface area contributed by atoms with Crippen LogP contribution in [0.5, 0.6) is 5.75 Å². The lowest BCUT2D eigenvalue weighted by Gasteiger charge is -2.07. The predicted molar refractivity (Wildman–Crippen MR) is 67.2 cm³/mol. The smallest absolute Gasteiger partial charge is 0.293 e. The van der Waals surface area contributed by atoms with Gasteiger partial charge in [-0.1, -0.05) is 12.1 Å². The number of anilines is 1. The lowest BCUT2D eigenvalue weighted by atomic mass is 10.2. The first kappa shape index (κ1) is 11.3. The summed E-state index contributed by atoms with van der Waals surface area (Å²) < 4.78 is 6.59. The van der Waals surface area contributed by atoms with Crippen molar-refractivity contribution in [3.63, 3.8) is 0 Å². The van der Waals surface area contributed by atoms with Gasteiger partial charge in [0.15, 0.2) is 5.75 Å². The summed E-state index contributed by atoms with van der Waals surface area (Å²) in [5.41, 5.74) is 7.21. The van der Waals surface area contributed by atoms with Gasteiger partial charge in [-0.15, -0.1) is 0 Å². The van der Waals surface area contributed by atoms with Gasteiger partial charge in [-0.25, -0.2) is 0 Å². The van der Waals surface area contributed by atoms with Crippen molar-refractivity contribution in [2.24, 2.45) is 0 Å². The fraction of sp³-hybridized carbons (Fsp3) is 0.154. The predicted octanol–water partition coefficient (Wildman–Crippen LogP) is 1.49. The van der Waals surface area contributed by atoms with Crippen LogP contribution in [0.15, 0.2) is 47.4 Å². The summed E-state index contributed by atoms with van der Waals surface area (Å²) >= 11 is 0. The molecule has 0 amide bonds. The van der Waals surface area contributed by atoms with E-state index >= 15 is 0 Å². The summed E-state index contributed by atoms with van der Waals surface area (Å²) in [7, 11) is 1.49. The number of nitrogens with two attached hydrogens (primary N) is 1. The van der Waals surface area contributed by atoms with Gasteiger partial charge in [-0.2, -0.15) is 0 Å². The van der Waals surface area contributed by atoms with E-state index in [1.165, 1.54) is 7.11 Å². The van der Waals surface area contributed by atoms with E-state index in [-0.39, 0.29) is 5.56 Å². The summed E-state index contributed by atoms with van der Waals surface area (Å²) in [6.45, 7) is 0.510. The van der Waals surface area contributed by atoms with Crippen LogP contribution in [-0.2, 0) is 6.54 Å². The van der Waals surface area contributed by atoms with Gasteiger partial charge in [-0.3, -0.25) is 4.79 Å². The third kappa shape index (κ3) is 2.47. The van der Waals surface area contributed by atoms with Gasteiger partial charge >= 0.3 is 0 Å². The topological polar surface area (TPSA) is 57.2 Å². The normalized spacial score (nSPS) is 10.2. The van der Waals surface area contributed by atoms with E-state index in [0.717, 1.165) is 5.56 Å². The monoisotopic (exact) mass is 230 g/mol. The maximum Gasteiger partial charge on any atom is 0.293 e. The molecule has 0 saturated heterocycles. The average Bonchev–Trinajstić information content (AvgIpc) is 2.35. The molecule has 1 aromatic heterocycles. The summed E-state index contributed by atoms with van der Waals surface area (Å²) in [5.74, 6) is 0.350. The maximum atomic E-state index is 11.9. The fourth-order valence-electron chi connectivity index (χ4n) is 1.61.